The summed E-state index contributed by atoms with van der Waals surface area (Å²) in [7, 11) is -2.97. The van der Waals surface area contributed by atoms with Crippen LogP contribution in [0.3, 0.4) is 0 Å². The number of pyridine rings is 2. The zero-order valence-electron chi connectivity index (χ0n) is 21.9. The Balaban J connectivity index is 1.47. The number of ether oxygens (including phenoxy) is 1. The molecule has 3 aromatic heterocycles. The van der Waals surface area contributed by atoms with Crippen molar-refractivity contribution >= 4 is 50.6 Å². The smallest absolute Gasteiger partial charge is 0.322 e. The number of halogens is 2. The fourth-order valence-corrected chi connectivity index (χ4v) is 6.14. The molecule has 42 heavy (non-hydrogen) atoms. The molecule has 4 N–H and O–H groups in total. The van der Waals surface area contributed by atoms with E-state index in [1.165, 1.54) is 41.1 Å². The van der Waals surface area contributed by atoms with Gasteiger partial charge in [0.05, 0.1) is 18.3 Å². The number of hydrogen-bond acceptors (Lipinski definition) is 8. The van der Waals surface area contributed by atoms with Crippen molar-refractivity contribution in [3.8, 4) is 17.0 Å². The molecule has 16 heteroatoms. The maximum absolute atomic E-state index is 13.5. The predicted molar refractivity (Wildman–Crippen MR) is 151 cm³/mol. The summed E-state index contributed by atoms with van der Waals surface area (Å²) in [6.07, 6.45) is 5.11. The lowest BCUT2D eigenvalue weighted by molar-refractivity contribution is -0.121. The van der Waals surface area contributed by atoms with E-state index in [0.29, 0.717) is 30.5 Å². The van der Waals surface area contributed by atoms with Gasteiger partial charge in [-0.15, -0.1) is 0 Å². The Morgan fingerprint density at radius 2 is 1.90 bits per heavy atom. The van der Waals surface area contributed by atoms with Crippen molar-refractivity contribution in [1.29, 1.82) is 0 Å². The monoisotopic (exact) mass is 615 g/mol. The Hall–Kier alpha value is -4.76. The van der Waals surface area contributed by atoms with E-state index in [2.05, 4.69) is 20.0 Å². The van der Waals surface area contributed by atoms with Crippen molar-refractivity contribution in [3.05, 3.63) is 76.2 Å². The molecule has 4 heterocycles. The molecular weight excluding hydrogens is 593 g/mol. The van der Waals surface area contributed by atoms with Gasteiger partial charge in [0.1, 0.15) is 33.8 Å². The van der Waals surface area contributed by atoms with E-state index in [0.717, 1.165) is 18.2 Å². The zero-order valence-corrected chi connectivity index (χ0v) is 23.4. The SMILES string of the molecule is COc1ncc(-c2ccc3ncc(NC(=O)N4CCC[C@H]4C(N)=O)c(=O)n3c2)cc1NS(=O)(=O)c1ccc(F)cc1Cl. The van der Waals surface area contributed by atoms with Gasteiger partial charge in [-0.2, -0.15) is 0 Å². The van der Waals surface area contributed by atoms with Crippen LogP contribution >= 0.6 is 11.6 Å². The van der Waals surface area contributed by atoms with Crippen molar-refractivity contribution in [2.75, 3.05) is 23.7 Å². The lowest BCUT2D eigenvalue weighted by Crippen LogP contribution is -2.46. The average molecular weight is 616 g/mol. The third-order valence-corrected chi connectivity index (χ3v) is 8.44. The van der Waals surface area contributed by atoms with Crippen LogP contribution in [0.5, 0.6) is 5.88 Å². The lowest BCUT2D eigenvalue weighted by atomic mass is 10.1. The van der Waals surface area contributed by atoms with Crippen LogP contribution in [-0.4, -0.2) is 59.3 Å². The molecule has 3 amide bonds. The third-order valence-electron chi connectivity index (χ3n) is 6.59. The van der Waals surface area contributed by atoms with E-state index in [4.69, 9.17) is 22.1 Å². The highest BCUT2D eigenvalue weighted by atomic mass is 35.5. The normalized spacial score (nSPS) is 15.0. The minimum Gasteiger partial charge on any atom is -0.480 e. The van der Waals surface area contributed by atoms with Gasteiger partial charge in [-0.05, 0) is 49.2 Å². The van der Waals surface area contributed by atoms with Gasteiger partial charge in [-0.1, -0.05) is 11.6 Å². The summed E-state index contributed by atoms with van der Waals surface area (Å²) in [4.78, 5) is 47.1. The standard InChI is InChI=1S/C26H23ClFN7O6S/c1-41-24-18(33-42(39,40)21-6-5-16(28)10-17(21)27)9-15(11-31-24)14-4-7-22-30-12-19(25(37)35(22)13-14)32-26(38)34-8-2-3-20(34)23(29)36/h4-7,9-13,20,33H,2-3,8H2,1H3,(H2,29,36)(H,32,38)/t20-/m0/s1. The number of likely N-dealkylation sites (tertiary alicyclic amines) is 1. The molecule has 1 fully saturated rings. The molecule has 0 saturated carbocycles. The average Bonchev–Trinajstić information content (AvgIpc) is 3.45. The summed E-state index contributed by atoms with van der Waals surface area (Å²) in [6.45, 7) is 0.315. The van der Waals surface area contributed by atoms with Crippen molar-refractivity contribution in [2.24, 2.45) is 5.73 Å². The number of amides is 3. The molecule has 4 aromatic rings. The summed E-state index contributed by atoms with van der Waals surface area (Å²) in [5, 5.41) is 2.19. The molecule has 1 aliphatic heterocycles. The van der Waals surface area contributed by atoms with E-state index in [1.807, 2.05) is 0 Å². The number of methoxy groups -OCH3 is 1. The molecule has 0 bridgehead atoms. The number of fused-ring (bicyclic) bond motifs is 1. The summed E-state index contributed by atoms with van der Waals surface area (Å²) < 4.78 is 48.3. The van der Waals surface area contributed by atoms with Crippen LogP contribution in [-0.2, 0) is 14.8 Å². The Morgan fingerprint density at radius 3 is 2.62 bits per heavy atom. The number of nitrogens with one attached hydrogen (secondary N) is 2. The number of carbonyl (C=O) groups excluding carboxylic acids is 2. The first-order valence-electron chi connectivity index (χ1n) is 12.4. The quantitative estimate of drug-likeness (QED) is 0.284. The van der Waals surface area contributed by atoms with Crippen LogP contribution in [0.15, 0.2) is 64.7 Å². The van der Waals surface area contributed by atoms with Gasteiger partial charge in [0.15, 0.2) is 0 Å². The first-order chi connectivity index (χ1) is 20.0. The maximum Gasteiger partial charge on any atom is 0.322 e. The number of aromatic nitrogens is 3. The van der Waals surface area contributed by atoms with Gasteiger partial charge in [-0.3, -0.25) is 18.7 Å². The van der Waals surface area contributed by atoms with Gasteiger partial charge in [-0.25, -0.2) is 27.6 Å². The number of nitrogens with two attached hydrogens (primary N) is 1. The van der Waals surface area contributed by atoms with Gasteiger partial charge in [0, 0.05) is 30.1 Å². The Labute approximate surface area is 243 Å². The largest absolute Gasteiger partial charge is 0.480 e. The number of benzene rings is 1. The molecule has 0 radical (unpaired) electrons. The second-order valence-corrected chi connectivity index (χ2v) is 11.3. The molecule has 0 unspecified atom stereocenters. The maximum atomic E-state index is 13.5. The number of carbonyl (C=O) groups is 2. The molecule has 1 aliphatic rings. The topological polar surface area (TPSA) is 178 Å². The minimum absolute atomic E-state index is 0.0448. The summed E-state index contributed by atoms with van der Waals surface area (Å²) in [5.74, 6) is -1.38. The van der Waals surface area contributed by atoms with Crippen molar-refractivity contribution in [3.63, 3.8) is 0 Å². The number of anilines is 2. The first kappa shape index (κ1) is 28.8. The Morgan fingerprint density at radius 1 is 1.12 bits per heavy atom. The van der Waals surface area contributed by atoms with Crippen molar-refractivity contribution in [2.45, 2.75) is 23.8 Å². The number of nitrogens with zero attached hydrogens (tertiary/aromatic N) is 4. The van der Waals surface area contributed by atoms with Crippen LogP contribution in [0, 0.1) is 5.82 Å². The fourth-order valence-electron chi connectivity index (χ4n) is 4.56. The third kappa shape index (κ3) is 5.56. The van der Waals surface area contributed by atoms with Crippen molar-refractivity contribution in [1.82, 2.24) is 19.3 Å². The molecule has 1 aromatic carbocycles. The Kier molecular flexibility index (Phi) is 7.71. The van der Waals surface area contributed by atoms with Gasteiger partial charge in [0.2, 0.25) is 11.8 Å². The molecule has 5 rings (SSSR count). The first-order valence-corrected chi connectivity index (χ1v) is 14.3. The molecule has 1 atom stereocenters. The Bertz CT molecular complexity index is 1900. The molecule has 0 aliphatic carbocycles. The number of primary amides is 1. The van der Waals surface area contributed by atoms with Gasteiger partial charge < -0.3 is 20.7 Å². The highest BCUT2D eigenvalue weighted by molar-refractivity contribution is 7.92. The molecule has 13 nitrogen and oxygen atoms in total. The minimum atomic E-state index is -4.27. The van der Waals surface area contributed by atoms with Crippen LogP contribution in [0.25, 0.3) is 16.8 Å². The summed E-state index contributed by atoms with van der Waals surface area (Å²) in [6, 6.07) is 6.08. The highest BCUT2D eigenvalue weighted by Gasteiger charge is 2.33. The van der Waals surface area contributed by atoms with Crippen LogP contribution in [0.4, 0.5) is 20.6 Å². The van der Waals surface area contributed by atoms with E-state index in [1.54, 1.807) is 12.1 Å². The molecule has 218 valence electrons. The van der Waals surface area contributed by atoms with Gasteiger partial charge in [0.25, 0.3) is 15.6 Å². The molecular formula is C26H23ClFN7O6S. The van der Waals surface area contributed by atoms with Gasteiger partial charge >= 0.3 is 6.03 Å². The van der Waals surface area contributed by atoms with Crippen molar-refractivity contribution < 1.29 is 27.1 Å². The zero-order chi connectivity index (χ0) is 30.2. The fraction of sp³-hybridized carbons (Fsp3) is 0.192. The molecule has 1 saturated heterocycles. The number of sulfonamides is 1. The highest BCUT2D eigenvalue weighted by Crippen LogP contribution is 2.32. The van der Waals surface area contributed by atoms with Crippen LogP contribution < -0.4 is 26.1 Å². The number of rotatable bonds is 7. The van der Waals surface area contributed by atoms with E-state index < -0.39 is 39.4 Å². The summed E-state index contributed by atoms with van der Waals surface area (Å²) in [5.41, 5.74) is 5.73. The number of urea groups is 1. The van der Waals surface area contributed by atoms with E-state index in [-0.39, 0.29) is 32.8 Å². The molecule has 0 spiro atoms. The second kappa shape index (κ2) is 11.3. The second-order valence-electron chi connectivity index (χ2n) is 9.27. The van der Waals surface area contributed by atoms with Crippen LogP contribution in [0.1, 0.15) is 12.8 Å². The van der Waals surface area contributed by atoms with Crippen LogP contribution in [0.2, 0.25) is 5.02 Å². The van der Waals surface area contributed by atoms with E-state index >= 15 is 0 Å². The summed E-state index contributed by atoms with van der Waals surface area (Å²) >= 11 is 5.96. The number of hydrogen-bond donors (Lipinski definition) is 3. The predicted octanol–water partition coefficient (Wildman–Crippen LogP) is 2.84. The lowest BCUT2D eigenvalue weighted by Gasteiger charge is -2.22. The van der Waals surface area contributed by atoms with E-state index in [9.17, 15) is 27.2 Å².